The Morgan fingerprint density at radius 3 is 2.00 bits per heavy atom. The lowest BCUT2D eigenvalue weighted by Crippen LogP contribution is -2.49. The van der Waals surface area contributed by atoms with E-state index in [0.29, 0.717) is 18.6 Å². The Hall–Kier alpha value is -2.79. The van der Waals surface area contributed by atoms with Gasteiger partial charge in [-0.25, -0.2) is 4.79 Å². The Morgan fingerprint density at radius 2 is 1.54 bits per heavy atom. The first-order valence-electron chi connectivity index (χ1n) is 12.3. The molecule has 2 bridgehead atoms. The first kappa shape index (κ1) is 23.9. The highest BCUT2D eigenvalue weighted by atomic mass is 32.2. The van der Waals surface area contributed by atoms with Crippen LogP contribution in [0.1, 0.15) is 53.9 Å². The van der Waals surface area contributed by atoms with Crippen molar-refractivity contribution in [1.29, 1.82) is 0 Å². The molecule has 2 fully saturated rings. The lowest BCUT2D eigenvalue weighted by molar-refractivity contribution is -0.180. The van der Waals surface area contributed by atoms with Crippen LogP contribution in [0.15, 0.2) is 92.8 Å². The molecule has 0 N–H and O–H groups in total. The van der Waals surface area contributed by atoms with E-state index >= 15 is 0 Å². The van der Waals surface area contributed by atoms with Crippen molar-refractivity contribution >= 4 is 22.8 Å². The molecule has 0 amide bonds. The number of hydrogen-bond donors (Lipinski definition) is 0. The van der Waals surface area contributed by atoms with Crippen molar-refractivity contribution in [2.24, 2.45) is 16.7 Å². The maximum absolute atomic E-state index is 13.6. The summed E-state index contributed by atoms with van der Waals surface area (Å²) in [6.45, 7) is 9.95. The summed E-state index contributed by atoms with van der Waals surface area (Å²) in [7, 11) is -0.218. The molecule has 2 aliphatic carbocycles. The van der Waals surface area contributed by atoms with Crippen molar-refractivity contribution in [2.45, 2.75) is 69.3 Å². The summed E-state index contributed by atoms with van der Waals surface area (Å²) in [6.07, 6.45) is 4.13. The van der Waals surface area contributed by atoms with E-state index in [4.69, 9.17) is 9.47 Å². The number of allylic oxidation sites excluding steroid dienone is 4. The summed E-state index contributed by atoms with van der Waals surface area (Å²) < 4.78 is 11.9. The van der Waals surface area contributed by atoms with Crippen LogP contribution in [0.3, 0.4) is 0 Å². The van der Waals surface area contributed by atoms with E-state index in [0.717, 1.165) is 12.0 Å². The van der Waals surface area contributed by atoms with E-state index in [2.05, 4.69) is 61.5 Å². The first-order valence-corrected chi connectivity index (χ1v) is 13.5. The highest BCUT2D eigenvalue weighted by Gasteiger charge is 2.76. The molecule has 5 rings (SSSR count). The molecule has 1 saturated heterocycles. The van der Waals surface area contributed by atoms with Gasteiger partial charge in [0.15, 0.2) is 9.79 Å². The van der Waals surface area contributed by atoms with Crippen molar-refractivity contribution in [2.75, 3.05) is 0 Å². The Bertz CT molecular complexity index is 1190. The molecule has 35 heavy (non-hydrogen) atoms. The summed E-state index contributed by atoms with van der Waals surface area (Å²) in [5.41, 5.74) is -1.53. The second-order valence-electron chi connectivity index (χ2n) is 10.8. The summed E-state index contributed by atoms with van der Waals surface area (Å²) in [4.78, 5) is 30.1. The van der Waals surface area contributed by atoms with Crippen LogP contribution < -0.4 is 0 Å². The molecular formula is C30H33O4S+. The largest absolute Gasteiger partial charge is 0.446 e. The lowest BCUT2D eigenvalue weighted by Gasteiger charge is -2.35. The average molecular weight is 490 g/mol. The Balaban J connectivity index is 1.48. The third kappa shape index (κ3) is 3.50. The monoisotopic (exact) mass is 489 g/mol. The molecular weight excluding hydrogens is 456 g/mol. The van der Waals surface area contributed by atoms with Gasteiger partial charge in [0.1, 0.15) is 10.7 Å². The van der Waals surface area contributed by atoms with Crippen LogP contribution in [0.5, 0.6) is 0 Å². The zero-order chi connectivity index (χ0) is 25.0. The summed E-state index contributed by atoms with van der Waals surface area (Å²) >= 11 is 0. The number of ether oxygens (including phenoxy) is 2. The van der Waals surface area contributed by atoms with E-state index in [1.165, 1.54) is 14.7 Å². The molecule has 3 aliphatic rings. The van der Waals surface area contributed by atoms with E-state index in [9.17, 15) is 9.59 Å². The second-order valence-corrected chi connectivity index (χ2v) is 12.8. The number of rotatable bonds is 5. The smallest absolute Gasteiger partial charge is 0.356 e. The maximum atomic E-state index is 13.6. The van der Waals surface area contributed by atoms with E-state index < -0.39 is 22.4 Å². The average Bonchev–Trinajstić information content (AvgIpc) is 3.13. The van der Waals surface area contributed by atoms with Gasteiger partial charge in [0.2, 0.25) is 5.60 Å². The quantitative estimate of drug-likeness (QED) is 0.351. The van der Waals surface area contributed by atoms with Crippen molar-refractivity contribution in [1.82, 2.24) is 0 Å². The number of fused-ring (bicyclic) bond motifs is 2. The summed E-state index contributed by atoms with van der Waals surface area (Å²) in [5.74, 6) is 0.00112. The molecule has 5 heteroatoms. The summed E-state index contributed by atoms with van der Waals surface area (Å²) in [6, 6.07) is 21.2. The molecule has 0 aromatic heterocycles. The van der Waals surface area contributed by atoms with E-state index in [1.807, 2.05) is 39.8 Å². The molecule has 1 heterocycles. The molecule has 3 atom stereocenters. The normalized spacial score (nSPS) is 29.3. The van der Waals surface area contributed by atoms with Gasteiger partial charge in [-0.15, -0.1) is 0 Å². The zero-order valence-electron chi connectivity index (χ0n) is 21.1. The summed E-state index contributed by atoms with van der Waals surface area (Å²) in [5, 5.41) is 0. The molecule has 0 spiro atoms. The van der Waals surface area contributed by atoms with Gasteiger partial charge in [-0.1, -0.05) is 57.2 Å². The Labute approximate surface area is 210 Å². The second kappa shape index (κ2) is 8.41. The molecule has 182 valence electrons. The Kier molecular flexibility index (Phi) is 5.75. The minimum Gasteiger partial charge on any atom is -0.446 e. The van der Waals surface area contributed by atoms with Crippen molar-refractivity contribution < 1.29 is 19.1 Å². The van der Waals surface area contributed by atoms with Crippen molar-refractivity contribution in [3.63, 3.8) is 0 Å². The fourth-order valence-corrected chi connectivity index (χ4v) is 8.36. The highest BCUT2D eigenvalue weighted by Crippen LogP contribution is 2.66. The fraction of sp³-hybridized carbons (Fsp3) is 0.400. The van der Waals surface area contributed by atoms with Gasteiger partial charge in [0.05, 0.1) is 16.3 Å². The third-order valence-electron chi connectivity index (χ3n) is 8.56. The SMILES string of the molecule is CC1=C(OC(=O)C23CCC(C)(C(=O)O2)C3(C)C)C(C)CC([S+](c2ccccc2)c2ccccc2)=C1. The van der Waals surface area contributed by atoms with Gasteiger partial charge in [-0.05, 0) is 62.6 Å². The molecule has 2 aromatic carbocycles. The van der Waals surface area contributed by atoms with Crippen LogP contribution in [0, 0.1) is 16.7 Å². The number of hydrogen-bond acceptors (Lipinski definition) is 4. The maximum Gasteiger partial charge on any atom is 0.356 e. The number of benzene rings is 2. The predicted molar refractivity (Wildman–Crippen MR) is 137 cm³/mol. The highest BCUT2D eigenvalue weighted by molar-refractivity contribution is 8.00. The third-order valence-corrected chi connectivity index (χ3v) is 10.9. The van der Waals surface area contributed by atoms with Crippen LogP contribution >= 0.6 is 0 Å². The van der Waals surface area contributed by atoms with Gasteiger partial charge < -0.3 is 9.47 Å². The standard InChI is InChI=1S/C30H33O4S/c1-20-18-24(35(22-12-8-6-9-13-22)23-14-10-7-11-15-23)19-21(2)25(20)33-27(32)30-17-16-29(5,26(31)34-30)28(30,3)4/h6-15,18,21H,16-17,19H2,1-5H3/q+1. The van der Waals surface area contributed by atoms with Crippen LogP contribution in [-0.2, 0) is 30.0 Å². The minimum absolute atomic E-state index is 0.0331. The van der Waals surface area contributed by atoms with Crippen molar-refractivity contribution in [3.8, 4) is 0 Å². The number of carbonyl (C=O) groups excluding carboxylic acids is 2. The molecule has 0 radical (unpaired) electrons. The number of carbonyl (C=O) groups is 2. The Morgan fingerprint density at radius 1 is 0.971 bits per heavy atom. The zero-order valence-corrected chi connectivity index (χ0v) is 21.9. The van der Waals surface area contributed by atoms with Crippen molar-refractivity contribution in [3.05, 3.63) is 83.0 Å². The molecule has 2 aromatic rings. The van der Waals surface area contributed by atoms with Gasteiger partial charge in [-0.2, -0.15) is 0 Å². The topological polar surface area (TPSA) is 52.6 Å². The van der Waals surface area contributed by atoms with Crippen LogP contribution in [0.2, 0.25) is 0 Å². The number of esters is 2. The van der Waals surface area contributed by atoms with Crippen LogP contribution in [-0.4, -0.2) is 17.5 Å². The molecule has 4 nitrogen and oxygen atoms in total. The fourth-order valence-electron chi connectivity index (χ4n) is 5.91. The van der Waals surface area contributed by atoms with Gasteiger partial charge in [0.25, 0.3) is 0 Å². The van der Waals surface area contributed by atoms with Crippen LogP contribution in [0.25, 0.3) is 0 Å². The van der Waals surface area contributed by atoms with E-state index in [-0.39, 0.29) is 22.8 Å². The van der Waals surface area contributed by atoms with E-state index in [1.54, 1.807) is 0 Å². The predicted octanol–water partition coefficient (Wildman–Crippen LogP) is 6.59. The first-order chi connectivity index (χ1) is 16.6. The minimum atomic E-state index is -1.21. The van der Waals surface area contributed by atoms with Gasteiger partial charge >= 0.3 is 11.9 Å². The molecule has 1 aliphatic heterocycles. The van der Waals surface area contributed by atoms with Gasteiger partial charge in [-0.3, -0.25) is 4.79 Å². The molecule has 1 saturated carbocycles. The lowest BCUT2D eigenvalue weighted by atomic mass is 9.66. The van der Waals surface area contributed by atoms with Gasteiger partial charge in [0, 0.05) is 17.8 Å². The van der Waals surface area contributed by atoms with Crippen LogP contribution in [0.4, 0.5) is 0 Å². The molecule has 3 unspecified atom stereocenters.